The van der Waals surface area contributed by atoms with Gasteiger partial charge in [0.05, 0.1) is 12.8 Å². The van der Waals surface area contributed by atoms with Crippen LogP contribution in [-0.4, -0.2) is 54.2 Å². The van der Waals surface area contributed by atoms with Crippen LogP contribution in [0.1, 0.15) is 65.0 Å². The van der Waals surface area contributed by atoms with Crippen LogP contribution < -0.4 is 0 Å². The molecule has 1 aliphatic rings. The molecule has 0 amide bonds. The van der Waals surface area contributed by atoms with Gasteiger partial charge >= 0.3 is 0 Å². The fraction of sp³-hybridized carbons (Fsp3) is 0.720. The molecule has 1 aliphatic heterocycles. The molecule has 0 aromatic heterocycles. The molecular weight excluding hydrogens is 429 g/mol. The molecule has 0 unspecified atom stereocenters. The van der Waals surface area contributed by atoms with Crippen LogP contribution in [0, 0.1) is 0 Å². The summed E-state index contributed by atoms with van der Waals surface area (Å²) in [5.41, 5.74) is 2.58. The highest BCUT2D eigenvalue weighted by Gasteiger charge is 2.41. The highest BCUT2D eigenvalue weighted by molar-refractivity contribution is 6.74. The molecule has 1 heterocycles. The van der Waals surface area contributed by atoms with E-state index in [-0.39, 0.29) is 16.1 Å². The molecule has 1 fully saturated rings. The molecule has 0 bridgehead atoms. The van der Waals surface area contributed by atoms with E-state index in [4.69, 9.17) is 8.85 Å². The summed E-state index contributed by atoms with van der Waals surface area (Å²) >= 11 is 0. The summed E-state index contributed by atoms with van der Waals surface area (Å²) in [5.74, 6) is 0.398. The van der Waals surface area contributed by atoms with Gasteiger partial charge in [0.15, 0.2) is 16.6 Å². The quantitative estimate of drug-likeness (QED) is 0.328. The van der Waals surface area contributed by atoms with Crippen LogP contribution in [0.3, 0.4) is 0 Å². The smallest absolute Gasteiger partial charge is 0.281 e. The topological polar surface area (TPSA) is 38.8 Å². The SMILES string of the molecule is CC(C)(C)[Si](C)(C)OCc1ccc([C@H]2CCN(BC=O)[C@@H]2CO[Si](C)(C)C(C)(C)C)cc1. The minimum atomic E-state index is -1.84. The molecule has 180 valence electrons. The summed E-state index contributed by atoms with van der Waals surface area (Å²) < 4.78 is 13.0. The van der Waals surface area contributed by atoms with Crippen LogP contribution in [0.2, 0.25) is 36.3 Å². The molecule has 0 spiro atoms. The molecule has 4 nitrogen and oxygen atoms in total. The molecule has 7 heteroatoms. The first-order valence-electron chi connectivity index (χ1n) is 12.1. The Kier molecular flexibility index (Phi) is 8.82. The van der Waals surface area contributed by atoms with Crippen molar-refractivity contribution in [3.8, 4) is 0 Å². The molecule has 0 N–H and O–H groups in total. The Morgan fingerprint density at radius 1 is 0.969 bits per heavy atom. The number of carbonyl (C=O) groups excluding carboxylic acids is 1. The predicted molar refractivity (Wildman–Crippen MR) is 143 cm³/mol. The minimum absolute atomic E-state index is 0.183. The van der Waals surface area contributed by atoms with E-state index in [0.29, 0.717) is 26.5 Å². The van der Waals surface area contributed by atoms with Crippen molar-refractivity contribution in [2.24, 2.45) is 0 Å². The van der Waals surface area contributed by atoms with Crippen molar-refractivity contribution >= 4 is 30.2 Å². The second-order valence-corrected chi connectivity index (χ2v) is 22.1. The number of hydrogen-bond donors (Lipinski definition) is 0. The van der Waals surface area contributed by atoms with Crippen molar-refractivity contribution in [3.05, 3.63) is 35.4 Å². The molecule has 1 saturated heterocycles. The van der Waals surface area contributed by atoms with E-state index in [9.17, 15) is 4.79 Å². The zero-order valence-corrected chi connectivity index (χ0v) is 24.2. The number of nitrogens with zero attached hydrogens (tertiary/aromatic N) is 1. The Bertz CT molecular complexity index is 754. The van der Waals surface area contributed by atoms with E-state index in [1.165, 1.54) is 11.1 Å². The van der Waals surface area contributed by atoms with Gasteiger partial charge in [-0.2, -0.15) is 0 Å². The molecule has 1 aromatic carbocycles. The second kappa shape index (κ2) is 10.3. The summed E-state index contributed by atoms with van der Waals surface area (Å²) in [5, 5.41) is 0.401. The lowest BCUT2D eigenvalue weighted by Crippen LogP contribution is -2.46. The van der Waals surface area contributed by atoms with E-state index < -0.39 is 16.6 Å². The fourth-order valence-corrected chi connectivity index (χ4v) is 5.68. The molecule has 1 aromatic rings. The first kappa shape index (κ1) is 27.5. The standard InChI is InChI=1S/C25H46BNO3Si2/c1-24(2,3)31(7,8)29-17-20-11-13-21(14-12-20)22-15-16-27(26-19-28)23(22)18-30-32(9,10)25(4,5)6/h11-14,19,22-23,26H,15-18H2,1-10H3/t22-,23-/m1/s1. The number of rotatable bonds is 9. The van der Waals surface area contributed by atoms with Crippen LogP contribution in [0.15, 0.2) is 24.3 Å². The van der Waals surface area contributed by atoms with Crippen LogP contribution in [0.25, 0.3) is 0 Å². The summed E-state index contributed by atoms with van der Waals surface area (Å²) in [6.07, 6.45) is 2.10. The van der Waals surface area contributed by atoms with Gasteiger partial charge in [-0.1, -0.05) is 65.8 Å². The van der Waals surface area contributed by atoms with Gasteiger partial charge in [0, 0.05) is 18.6 Å². The minimum Gasteiger partial charge on any atom is -0.415 e. The number of carbonyl (C=O) groups is 1. The largest absolute Gasteiger partial charge is 0.415 e. The predicted octanol–water partition coefficient (Wildman–Crippen LogP) is 5.93. The lowest BCUT2D eigenvalue weighted by Gasteiger charge is -2.38. The maximum absolute atomic E-state index is 11.3. The molecule has 0 radical (unpaired) electrons. The zero-order chi connectivity index (χ0) is 24.4. The average Bonchev–Trinajstić information content (AvgIpc) is 3.06. The molecule has 0 saturated carbocycles. The second-order valence-electron chi connectivity index (χ2n) is 12.5. The van der Waals surface area contributed by atoms with Crippen molar-refractivity contribution in [1.29, 1.82) is 0 Å². The van der Waals surface area contributed by atoms with Crippen molar-refractivity contribution in [1.82, 2.24) is 4.81 Å². The zero-order valence-electron chi connectivity index (χ0n) is 22.2. The highest BCUT2D eigenvalue weighted by atomic mass is 28.4. The Morgan fingerprint density at radius 2 is 1.50 bits per heavy atom. The Morgan fingerprint density at radius 3 is 2.00 bits per heavy atom. The highest BCUT2D eigenvalue weighted by Crippen LogP contribution is 2.40. The van der Waals surface area contributed by atoms with E-state index >= 15 is 0 Å². The Hall–Kier alpha value is -0.731. The third-order valence-corrected chi connectivity index (χ3v) is 17.2. The molecular formula is C25H46BNO3Si2. The van der Waals surface area contributed by atoms with Crippen molar-refractivity contribution in [2.45, 2.75) is 103 Å². The number of benzene rings is 1. The molecule has 2 rings (SSSR count). The average molecular weight is 476 g/mol. The third kappa shape index (κ3) is 6.66. The Labute approximate surface area is 200 Å². The lowest BCUT2D eigenvalue weighted by atomic mass is 9.88. The summed E-state index contributed by atoms with van der Waals surface area (Å²) in [6, 6.07) is 9.22. The molecule has 32 heavy (non-hydrogen) atoms. The normalized spacial score (nSPS) is 21.1. The number of hydrogen-bond acceptors (Lipinski definition) is 4. The first-order valence-corrected chi connectivity index (χ1v) is 18.0. The van der Waals surface area contributed by atoms with Gasteiger partial charge in [-0.25, -0.2) is 0 Å². The van der Waals surface area contributed by atoms with Crippen LogP contribution in [-0.2, 0) is 20.3 Å². The van der Waals surface area contributed by atoms with Gasteiger partial charge in [-0.05, 0) is 60.4 Å². The van der Waals surface area contributed by atoms with Crippen LogP contribution in [0.5, 0.6) is 0 Å². The van der Waals surface area contributed by atoms with E-state index in [1.807, 2.05) is 0 Å². The van der Waals surface area contributed by atoms with Crippen LogP contribution in [0.4, 0.5) is 0 Å². The van der Waals surface area contributed by atoms with Gasteiger partial charge in [0.25, 0.3) is 7.41 Å². The summed E-state index contributed by atoms with van der Waals surface area (Å²) in [7, 11) is -3.10. The van der Waals surface area contributed by atoms with E-state index in [1.54, 1.807) is 0 Å². The van der Waals surface area contributed by atoms with Crippen molar-refractivity contribution in [2.75, 3.05) is 13.2 Å². The summed E-state index contributed by atoms with van der Waals surface area (Å²) in [4.78, 5) is 13.6. The van der Waals surface area contributed by atoms with Crippen LogP contribution >= 0.6 is 0 Å². The van der Waals surface area contributed by atoms with Gasteiger partial charge in [0.1, 0.15) is 0 Å². The van der Waals surface area contributed by atoms with Gasteiger partial charge in [0.2, 0.25) is 0 Å². The van der Waals surface area contributed by atoms with Gasteiger partial charge in [-0.15, -0.1) is 0 Å². The lowest BCUT2D eigenvalue weighted by molar-refractivity contribution is 0.208. The van der Waals surface area contributed by atoms with Crippen molar-refractivity contribution < 1.29 is 13.6 Å². The van der Waals surface area contributed by atoms with Gasteiger partial charge in [-0.3, -0.25) is 0 Å². The summed E-state index contributed by atoms with van der Waals surface area (Å²) in [6.45, 7) is 25.2. The monoisotopic (exact) mass is 475 g/mol. The first-order chi connectivity index (χ1) is 14.6. The third-order valence-electron chi connectivity index (χ3n) is 8.20. The maximum Gasteiger partial charge on any atom is 0.281 e. The Balaban J connectivity index is 2.11. The maximum atomic E-state index is 11.3. The van der Waals surface area contributed by atoms with E-state index in [2.05, 4.69) is 96.8 Å². The van der Waals surface area contributed by atoms with Gasteiger partial charge < -0.3 is 18.5 Å². The molecule has 0 aliphatic carbocycles. The fourth-order valence-electron chi connectivity index (χ4n) is 3.70. The molecule has 2 atom stereocenters. The van der Waals surface area contributed by atoms with E-state index in [0.717, 1.165) is 19.2 Å². The van der Waals surface area contributed by atoms with Crippen molar-refractivity contribution in [3.63, 3.8) is 0 Å².